The van der Waals surface area contributed by atoms with Gasteiger partial charge in [0.1, 0.15) is 0 Å². The van der Waals surface area contributed by atoms with E-state index >= 15 is 0 Å². The summed E-state index contributed by atoms with van der Waals surface area (Å²) < 4.78 is 5.10. The highest BCUT2D eigenvalue weighted by Crippen LogP contribution is 2.26. The molecule has 1 aliphatic heterocycles. The van der Waals surface area contributed by atoms with Crippen molar-refractivity contribution in [3.05, 3.63) is 23.9 Å². The van der Waals surface area contributed by atoms with Crippen LogP contribution in [0.2, 0.25) is 0 Å². The molecular formula is C13H19N3OS. The Balaban J connectivity index is 1.85. The van der Waals surface area contributed by atoms with Crippen LogP contribution in [-0.2, 0) is 6.54 Å². The van der Waals surface area contributed by atoms with Gasteiger partial charge in [0.05, 0.1) is 13.7 Å². The van der Waals surface area contributed by atoms with Gasteiger partial charge >= 0.3 is 0 Å². The van der Waals surface area contributed by atoms with E-state index in [4.69, 9.17) is 4.74 Å². The molecular weight excluding hydrogens is 246 g/mol. The summed E-state index contributed by atoms with van der Waals surface area (Å²) in [6.45, 7) is 6.16. The predicted octanol–water partition coefficient (Wildman–Crippen LogP) is 2.31. The van der Waals surface area contributed by atoms with Crippen LogP contribution in [0.25, 0.3) is 0 Å². The van der Waals surface area contributed by atoms with Crippen molar-refractivity contribution in [2.75, 3.05) is 13.7 Å². The lowest BCUT2D eigenvalue weighted by Crippen LogP contribution is -2.20. The van der Waals surface area contributed by atoms with Gasteiger partial charge in [-0.1, -0.05) is 25.6 Å². The van der Waals surface area contributed by atoms with Gasteiger partial charge in [0.15, 0.2) is 5.17 Å². The van der Waals surface area contributed by atoms with Crippen LogP contribution in [0, 0.1) is 5.92 Å². The quantitative estimate of drug-likeness (QED) is 0.907. The molecule has 18 heavy (non-hydrogen) atoms. The highest BCUT2D eigenvalue weighted by molar-refractivity contribution is 8.14. The number of amidine groups is 1. The van der Waals surface area contributed by atoms with Gasteiger partial charge in [-0.2, -0.15) is 0 Å². The maximum Gasteiger partial charge on any atom is 0.213 e. The Hall–Kier alpha value is -1.23. The van der Waals surface area contributed by atoms with E-state index in [1.165, 1.54) is 0 Å². The molecule has 1 aromatic rings. The number of hydrogen-bond donors (Lipinski definition) is 1. The van der Waals surface area contributed by atoms with Gasteiger partial charge in [-0.3, -0.25) is 4.99 Å². The zero-order valence-electron chi connectivity index (χ0n) is 11.0. The molecule has 1 N–H and O–H groups in total. The van der Waals surface area contributed by atoms with Crippen molar-refractivity contribution in [3.8, 4) is 5.88 Å². The van der Waals surface area contributed by atoms with Gasteiger partial charge in [0, 0.05) is 24.1 Å². The van der Waals surface area contributed by atoms with Crippen molar-refractivity contribution in [2.45, 2.75) is 25.6 Å². The fourth-order valence-electron chi connectivity index (χ4n) is 1.68. The molecule has 4 nitrogen and oxygen atoms in total. The zero-order valence-corrected chi connectivity index (χ0v) is 11.8. The maximum atomic E-state index is 5.10. The maximum absolute atomic E-state index is 5.10. The highest BCUT2D eigenvalue weighted by Gasteiger charge is 2.22. The Bertz CT molecular complexity index is 434. The summed E-state index contributed by atoms with van der Waals surface area (Å²) in [5.74, 6) is 1.31. The number of ether oxygens (including phenoxy) is 1. The second-order valence-electron chi connectivity index (χ2n) is 4.61. The summed E-state index contributed by atoms with van der Waals surface area (Å²) >= 11 is 1.84. The topological polar surface area (TPSA) is 46.5 Å². The minimum absolute atomic E-state index is 0.611. The summed E-state index contributed by atoms with van der Waals surface area (Å²) in [7, 11) is 1.63. The molecule has 1 unspecified atom stereocenters. The van der Waals surface area contributed by atoms with Crippen LogP contribution in [0.1, 0.15) is 19.4 Å². The van der Waals surface area contributed by atoms with Crippen LogP contribution in [0.15, 0.2) is 23.3 Å². The average molecular weight is 265 g/mol. The standard InChI is InChI=1S/C13H19N3OS/c1-9(2)11-8-16-13(18-11)15-7-10-4-5-14-12(6-10)17-3/h4-6,9,11H,7-8H2,1-3H3,(H,15,16). The van der Waals surface area contributed by atoms with E-state index in [1.54, 1.807) is 13.3 Å². The number of aromatic nitrogens is 1. The third-order valence-electron chi connectivity index (χ3n) is 2.87. The molecule has 1 aromatic heterocycles. The molecule has 98 valence electrons. The van der Waals surface area contributed by atoms with Crippen molar-refractivity contribution >= 4 is 16.9 Å². The number of rotatable bonds is 4. The van der Waals surface area contributed by atoms with Crippen LogP contribution in [0.5, 0.6) is 5.88 Å². The van der Waals surface area contributed by atoms with Gasteiger partial charge in [-0.25, -0.2) is 4.98 Å². The first kappa shape index (κ1) is 13.2. The fourth-order valence-corrected chi connectivity index (χ4v) is 2.70. The van der Waals surface area contributed by atoms with Crippen LogP contribution in [-0.4, -0.2) is 29.1 Å². The van der Waals surface area contributed by atoms with Crippen LogP contribution in [0.4, 0.5) is 0 Å². The van der Waals surface area contributed by atoms with Gasteiger partial charge in [-0.05, 0) is 17.5 Å². The van der Waals surface area contributed by atoms with Crippen LogP contribution < -0.4 is 10.1 Å². The number of methoxy groups -OCH3 is 1. The number of nitrogens with zero attached hydrogens (tertiary/aromatic N) is 2. The summed E-state index contributed by atoms with van der Waals surface area (Å²) in [6, 6.07) is 3.92. The molecule has 0 saturated heterocycles. The minimum atomic E-state index is 0.611. The van der Waals surface area contributed by atoms with Crippen molar-refractivity contribution < 1.29 is 4.74 Å². The van der Waals surface area contributed by atoms with Crippen LogP contribution in [0.3, 0.4) is 0 Å². The molecule has 0 amide bonds. The van der Waals surface area contributed by atoms with Crippen molar-refractivity contribution in [1.29, 1.82) is 0 Å². The second-order valence-corrected chi connectivity index (χ2v) is 5.83. The van der Waals surface area contributed by atoms with E-state index < -0.39 is 0 Å². The highest BCUT2D eigenvalue weighted by atomic mass is 32.2. The predicted molar refractivity (Wildman–Crippen MR) is 76.1 cm³/mol. The molecule has 0 saturated carbocycles. The molecule has 0 bridgehead atoms. The number of aliphatic imine (C=N–C) groups is 1. The Kier molecular flexibility index (Phi) is 4.47. The molecule has 0 fully saturated rings. The number of hydrogen-bond acceptors (Lipinski definition) is 5. The molecule has 1 atom stereocenters. The third kappa shape index (κ3) is 3.38. The first-order valence-corrected chi connectivity index (χ1v) is 7.01. The summed E-state index contributed by atoms with van der Waals surface area (Å²) in [4.78, 5) is 8.61. The minimum Gasteiger partial charge on any atom is -0.481 e. The van der Waals surface area contributed by atoms with Crippen molar-refractivity contribution in [1.82, 2.24) is 10.3 Å². The van der Waals surface area contributed by atoms with Gasteiger partial charge in [-0.15, -0.1) is 0 Å². The van der Waals surface area contributed by atoms with Crippen LogP contribution >= 0.6 is 11.8 Å². The average Bonchev–Trinajstić information content (AvgIpc) is 2.85. The first-order chi connectivity index (χ1) is 8.69. The fraction of sp³-hybridized carbons (Fsp3) is 0.538. The van der Waals surface area contributed by atoms with Gasteiger partial charge < -0.3 is 10.1 Å². The lowest BCUT2D eigenvalue weighted by atomic mass is 10.1. The second kappa shape index (κ2) is 6.09. The van der Waals surface area contributed by atoms with E-state index in [0.29, 0.717) is 17.0 Å². The molecule has 0 aromatic carbocycles. The summed E-state index contributed by atoms with van der Waals surface area (Å²) in [5, 5.41) is 5.02. The van der Waals surface area contributed by atoms with E-state index in [2.05, 4.69) is 29.1 Å². The number of thioether (sulfide) groups is 1. The van der Waals surface area contributed by atoms with Crippen molar-refractivity contribution in [2.24, 2.45) is 10.9 Å². The summed E-state index contributed by atoms with van der Waals surface area (Å²) in [6.07, 6.45) is 1.76. The number of nitrogens with one attached hydrogen (secondary N) is 1. The van der Waals surface area contributed by atoms with E-state index in [1.807, 2.05) is 23.9 Å². The Morgan fingerprint density at radius 2 is 2.39 bits per heavy atom. The molecule has 1 aliphatic rings. The van der Waals surface area contributed by atoms with E-state index in [0.717, 1.165) is 23.8 Å². The largest absolute Gasteiger partial charge is 0.481 e. The normalized spacial score (nSPS) is 18.9. The molecule has 5 heteroatoms. The van der Waals surface area contributed by atoms with Gasteiger partial charge in [0.25, 0.3) is 0 Å². The molecule has 0 spiro atoms. The first-order valence-electron chi connectivity index (χ1n) is 6.13. The third-order valence-corrected chi connectivity index (χ3v) is 4.37. The molecule has 2 rings (SSSR count). The van der Waals surface area contributed by atoms with E-state index in [9.17, 15) is 0 Å². The van der Waals surface area contributed by atoms with E-state index in [-0.39, 0.29) is 0 Å². The monoisotopic (exact) mass is 265 g/mol. The van der Waals surface area contributed by atoms with Crippen molar-refractivity contribution in [3.63, 3.8) is 0 Å². The summed E-state index contributed by atoms with van der Waals surface area (Å²) in [5.41, 5.74) is 1.15. The Morgan fingerprint density at radius 3 is 3.06 bits per heavy atom. The zero-order chi connectivity index (χ0) is 13.0. The molecule has 2 heterocycles. The lowest BCUT2D eigenvalue weighted by molar-refractivity contribution is 0.397. The molecule has 0 radical (unpaired) electrons. The van der Waals surface area contributed by atoms with Gasteiger partial charge in [0.2, 0.25) is 5.88 Å². The SMILES string of the molecule is COc1cc(CNC2=NCC(C(C)C)S2)ccn1. The smallest absolute Gasteiger partial charge is 0.213 e. The lowest BCUT2D eigenvalue weighted by Gasteiger charge is -2.12. The Labute approximate surface area is 112 Å². The Morgan fingerprint density at radius 1 is 1.56 bits per heavy atom. The molecule has 0 aliphatic carbocycles. The number of pyridine rings is 1.